The van der Waals surface area contributed by atoms with Crippen LogP contribution in [0.25, 0.3) is 10.4 Å². The van der Waals surface area contributed by atoms with Gasteiger partial charge in [-0.15, -0.1) is 11.3 Å². The lowest BCUT2D eigenvalue weighted by atomic mass is 9.85. The van der Waals surface area contributed by atoms with Crippen molar-refractivity contribution in [1.82, 2.24) is 20.5 Å². The molecule has 0 unspecified atom stereocenters. The molecule has 3 amide bonds. The van der Waals surface area contributed by atoms with Crippen molar-refractivity contribution >= 4 is 29.1 Å². The second kappa shape index (κ2) is 14.7. The lowest BCUT2D eigenvalue weighted by Gasteiger charge is -2.35. The van der Waals surface area contributed by atoms with Crippen molar-refractivity contribution in [2.45, 2.75) is 72.2 Å². The van der Waals surface area contributed by atoms with Crippen LogP contribution >= 0.6 is 11.3 Å². The first-order valence-electron chi connectivity index (χ1n) is 13.7. The highest BCUT2D eigenvalue weighted by Crippen LogP contribution is 2.28. The van der Waals surface area contributed by atoms with Gasteiger partial charge in [0.25, 0.3) is 0 Å². The van der Waals surface area contributed by atoms with Gasteiger partial charge >= 0.3 is 0 Å². The zero-order valence-electron chi connectivity index (χ0n) is 24.1. The number of aryl methyl sites for hydroxylation is 1. The van der Waals surface area contributed by atoms with Gasteiger partial charge in [0.15, 0.2) is 0 Å². The summed E-state index contributed by atoms with van der Waals surface area (Å²) in [6, 6.07) is 6.15. The summed E-state index contributed by atoms with van der Waals surface area (Å²) in [6.45, 7) is 10.9. The fourth-order valence-electron chi connectivity index (χ4n) is 4.51. The summed E-state index contributed by atoms with van der Waals surface area (Å²) >= 11 is 1.58. The molecule has 1 fully saturated rings. The number of hydrogen-bond acceptors (Lipinski definition) is 8. The van der Waals surface area contributed by atoms with Crippen molar-refractivity contribution in [2.24, 2.45) is 5.41 Å². The summed E-state index contributed by atoms with van der Waals surface area (Å²) < 4.78 is 10.7. The van der Waals surface area contributed by atoms with Crippen LogP contribution in [0, 0.1) is 12.3 Å². The molecule has 40 heavy (non-hydrogen) atoms. The number of nitrogens with zero attached hydrogens (tertiary/aromatic N) is 2. The SMILES string of the molecule is CCCOCCOCC(=O)N[C@H](C(=O)N1C[C@H](O)C[C@H]1C(=O)NCc1ccc(-c2scnc2C)cc1)C(C)(C)C. The zero-order valence-corrected chi connectivity index (χ0v) is 24.9. The Labute approximate surface area is 240 Å². The van der Waals surface area contributed by atoms with Crippen molar-refractivity contribution in [1.29, 1.82) is 0 Å². The highest BCUT2D eigenvalue weighted by Gasteiger charge is 2.44. The van der Waals surface area contributed by atoms with Crippen LogP contribution in [0.2, 0.25) is 0 Å². The zero-order chi connectivity index (χ0) is 29.3. The van der Waals surface area contributed by atoms with Crippen molar-refractivity contribution < 1.29 is 29.0 Å². The molecule has 1 aromatic carbocycles. The average molecular weight is 575 g/mol. The van der Waals surface area contributed by atoms with Crippen molar-refractivity contribution in [2.75, 3.05) is 33.0 Å². The Morgan fingerprint density at radius 3 is 2.48 bits per heavy atom. The summed E-state index contributed by atoms with van der Waals surface area (Å²) in [4.78, 5) is 46.2. The number of carbonyl (C=O) groups excluding carboxylic acids is 3. The second-order valence-electron chi connectivity index (χ2n) is 11.1. The Morgan fingerprint density at radius 1 is 1.15 bits per heavy atom. The smallest absolute Gasteiger partial charge is 0.246 e. The number of nitrogens with one attached hydrogen (secondary N) is 2. The minimum atomic E-state index is -0.900. The van der Waals surface area contributed by atoms with Gasteiger partial charge < -0.3 is 30.1 Å². The van der Waals surface area contributed by atoms with Crippen molar-refractivity contribution in [3.05, 3.63) is 41.0 Å². The highest BCUT2D eigenvalue weighted by atomic mass is 32.1. The molecule has 0 spiro atoms. The molecular weight excluding hydrogens is 532 g/mol. The maximum Gasteiger partial charge on any atom is 0.246 e. The number of ether oxygens (including phenoxy) is 2. The Morgan fingerprint density at radius 2 is 1.85 bits per heavy atom. The van der Waals surface area contributed by atoms with Gasteiger partial charge in [0.2, 0.25) is 17.7 Å². The molecule has 11 heteroatoms. The largest absolute Gasteiger partial charge is 0.391 e. The van der Waals surface area contributed by atoms with Crippen LogP contribution in [0.5, 0.6) is 0 Å². The van der Waals surface area contributed by atoms with Gasteiger partial charge in [0.1, 0.15) is 18.7 Å². The first-order valence-corrected chi connectivity index (χ1v) is 14.6. The number of likely N-dealkylation sites (tertiary alicyclic amines) is 1. The van der Waals surface area contributed by atoms with E-state index in [1.807, 2.05) is 64.4 Å². The highest BCUT2D eigenvalue weighted by molar-refractivity contribution is 7.13. The van der Waals surface area contributed by atoms with Gasteiger partial charge in [0, 0.05) is 26.1 Å². The Hall–Kier alpha value is -2.86. The molecule has 0 aliphatic carbocycles. The number of carbonyl (C=O) groups is 3. The Bertz CT molecular complexity index is 1130. The molecule has 3 rings (SSSR count). The number of thiazole rings is 1. The van der Waals surface area contributed by atoms with Gasteiger partial charge in [-0.3, -0.25) is 14.4 Å². The van der Waals surface area contributed by atoms with E-state index in [1.54, 1.807) is 11.3 Å². The van der Waals surface area contributed by atoms with Crippen LogP contribution in [-0.4, -0.2) is 83.9 Å². The molecule has 0 radical (unpaired) electrons. The van der Waals surface area contributed by atoms with E-state index in [9.17, 15) is 19.5 Å². The van der Waals surface area contributed by atoms with Gasteiger partial charge in [-0.05, 0) is 29.9 Å². The lowest BCUT2D eigenvalue weighted by molar-refractivity contribution is -0.144. The number of benzene rings is 1. The van der Waals surface area contributed by atoms with E-state index in [-0.39, 0.29) is 38.6 Å². The third kappa shape index (κ3) is 8.82. The van der Waals surface area contributed by atoms with Crippen LogP contribution < -0.4 is 10.6 Å². The molecule has 1 aliphatic heterocycles. The van der Waals surface area contributed by atoms with E-state index < -0.39 is 35.4 Å². The predicted octanol–water partition coefficient (Wildman–Crippen LogP) is 2.67. The molecule has 3 N–H and O–H groups in total. The molecule has 0 bridgehead atoms. The van der Waals surface area contributed by atoms with Gasteiger partial charge in [-0.2, -0.15) is 0 Å². The maximum atomic E-state index is 13.6. The minimum absolute atomic E-state index is 0.0214. The van der Waals surface area contributed by atoms with E-state index in [4.69, 9.17) is 9.47 Å². The number of hydrogen-bond donors (Lipinski definition) is 3. The van der Waals surface area contributed by atoms with E-state index in [0.717, 1.165) is 28.1 Å². The van der Waals surface area contributed by atoms with Crippen LogP contribution in [0.15, 0.2) is 29.8 Å². The molecule has 3 atom stereocenters. The summed E-state index contributed by atoms with van der Waals surface area (Å²) in [5, 5.41) is 16.1. The van der Waals surface area contributed by atoms with E-state index >= 15 is 0 Å². The van der Waals surface area contributed by atoms with Crippen LogP contribution in [0.4, 0.5) is 0 Å². The topological polar surface area (TPSA) is 130 Å². The predicted molar refractivity (Wildman–Crippen MR) is 154 cm³/mol. The lowest BCUT2D eigenvalue weighted by Crippen LogP contribution is -2.58. The molecule has 2 aromatic rings. The number of aliphatic hydroxyl groups is 1. The van der Waals surface area contributed by atoms with Gasteiger partial charge in [0.05, 0.1) is 35.4 Å². The second-order valence-corrected chi connectivity index (χ2v) is 12.0. The average Bonchev–Trinajstić information content (AvgIpc) is 3.52. The first kappa shape index (κ1) is 31.7. The fraction of sp³-hybridized carbons (Fsp3) is 0.586. The summed E-state index contributed by atoms with van der Waals surface area (Å²) in [7, 11) is 0. The van der Waals surface area contributed by atoms with E-state index in [1.165, 1.54) is 4.90 Å². The van der Waals surface area contributed by atoms with E-state index in [2.05, 4.69) is 15.6 Å². The molecule has 220 valence electrons. The Balaban J connectivity index is 1.59. The molecule has 1 aliphatic rings. The summed E-state index contributed by atoms with van der Waals surface area (Å²) in [6.07, 6.45) is 0.206. The van der Waals surface area contributed by atoms with Crippen molar-refractivity contribution in [3.63, 3.8) is 0 Å². The molecule has 10 nitrogen and oxygen atoms in total. The Kier molecular flexibility index (Phi) is 11.6. The monoisotopic (exact) mass is 574 g/mol. The van der Waals surface area contributed by atoms with Gasteiger partial charge in [-0.25, -0.2) is 4.98 Å². The van der Waals surface area contributed by atoms with Crippen LogP contribution in [-0.2, 0) is 30.4 Å². The fourth-order valence-corrected chi connectivity index (χ4v) is 5.32. The number of rotatable bonds is 13. The summed E-state index contributed by atoms with van der Waals surface area (Å²) in [5.41, 5.74) is 4.14. The quantitative estimate of drug-likeness (QED) is 0.314. The van der Waals surface area contributed by atoms with Crippen LogP contribution in [0.3, 0.4) is 0 Å². The first-order chi connectivity index (χ1) is 19.0. The third-order valence-electron chi connectivity index (χ3n) is 6.67. The number of β-amino-alcohol motifs (C(OH)–C–C–N with tert-alkyl or cyclic N) is 1. The molecule has 0 saturated carbocycles. The minimum Gasteiger partial charge on any atom is -0.391 e. The summed E-state index contributed by atoms with van der Waals surface area (Å²) in [5.74, 6) is -1.18. The van der Waals surface area contributed by atoms with E-state index in [0.29, 0.717) is 13.2 Å². The molecule has 1 saturated heterocycles. The maximum absolute atomic E-state index is 13.6. The van der Waals surface area contributed by atoms with Crippen LogP contribution in [0.1, 0.15) is 51.8 Å². The standard InChI is InChI=1S/C29H42N4O6S/c1-6-11-38-12-13-39-17-24(35)32-26(29(3,4)5)28(37)33-16-22(34)14-23(33)27(36)30-15-20-7-9-21(10-8-20)25-19(2)31-18-40-25/h7-10,18,22-23,26,34H,6,11-17H2,1-5H3,(H,30,36)(H,32,35)/t22-,23+,26-/m1/s1. The third-order valence-corrected chi connectivity index (χ3v) is 7.64. The number of amides is 3. The molecule has 1 aromatic heterocycles. The van der Waals surface area contributed by atoms with Gasteiger partial charge in [-0.1, -0.05) is 52.0 Å². The van der Waals surface area contributed by atoms with Crippen molar-refractivity contribution in [3.8, 4) is 10.4 Å². The molecular formula is C29H42N4O6S. The number of aromatic nitrogens is 1. The molecule has 2 heterocycles. The normalized spacial score (nSPS) is 18.0. The number of aliphatic hydroxyl groups excluding tert-OH is 1.